The summed E-state index contributed by atoms with van der Waals surface area (Å²) >= 11 is 0. The van der Waals surface area contributed by atoms with Crippen molar-refractivity contribution >= 4 is 35.6 Å². The van der Waals surface area contributed by atoms with E-state index in [9.17, 15) is 0 Å². The number of hydrogen-bond donors (Lipinski definition) is 2. The first-order valence-corrected chi connectivity index (χ1v) is 6.62. The number of halogens is 1. The number of nitrogens with zero attached hydrogens (tertiary/aromatic N) is 3. The van der Waals surface area contributed by atoms with Gasteiger partial charge in [0.1, 0.15) is 0 Å². The Hall–Kier alpha value is -1.68. The van der Waals surface area contributed by atoms with Gasteiger partial charge >= 0.3 is 0 Å². The van der Waals surface area contributed by atoms with E-state index in [1.165, 1.54) is 0 Å². The number of hydrogen-bond acceptors (Lipinski definition) is 5. The molecule has 0 amide bonds. The van der Waals surface area contributed by atoms with Crippen molar-refractivity contribution in [3.8, 4) is 0 Å². The minimum Gasteiger partial charge on any atom is -0.380 e. The Bertz CT molecular complexity index is 615. The number of aryl methyl sites for hydroxylation is 1. The Labute approximate surface area is 146 Å². The number of ether oxygens (including phenoxy) is 1. The third kappa shape index (κ3) is 5.60. The molecule has 0 unspecified atom stereocenters. The van der Waals surface area contributed by atoms with Gasteiger partial charge in [-0.05, 0) is 13.0 Å². The van der Waals surface area contributed by atoms with Crippen LogP contribution < -0.4 is 11.1 Å². The third-order valence-electron chi connectivity index (χ3n) is 2.76. The minimum absolute atomic E-state index is 0. The summed E-state index contributed by atoms with van der Waals surface area (Å²) in [6.45, 7) is 2.77. The van der Waals surface area contributed by atoms with Crippen LogP contribution in [0.15, 0.2) is 33.8 Å². The average Bonchev–Trinajstić information content (AvgIpc) is 2.87. The van der Waals surface area contributed by atoms with Crippen LogP contribution in [-0.4, -0.2) is 29.8 Å². The SMILES string of the molecule is COCc1ccccc1NC(N)=NCCc1nc(C)no1.I. The van der Waals surface area contributed by atoms with Crippen LogP contribution >= 0.6 is 24.0 Å². The molecule has 3 N–H and O–H groups in total. The highest BCUT2D eigenvalue weighted by Crippen LogP contribution is 2.15. The number of guanidine groups is 1. The standard InChI is InChI=1S/C14H19N5O2.HI/c1-10-17-13(21-19-10)7-8-16-14(15)18-12-6-4-3-5-11(12)9-20-2;/h3-6H,7-9H2,1-2H3,(H3,15,16,18);1H. The summed E-state index contributed by atoms with van der Waals surface area (Å²) in [7, 11) is 1.65. The highest BCUT2D eigenvalue weighted by atomic mass is 127. The second-order valence-corrected chi connectivity index (χ2v) is 4.47. The van der Waals surface area contributed by atoms with Crippen LogP contribution in [0.1, 0.15) is 17.3 Å². The fourth-order valence-corrected chi connectivity index (χ4v) is 1.81. The minimum atomic E-state index is 0. The van der Waals surface area contributed by atoms with Crippen molar-refractivity contribution in [2.45, 2.75) is 20.0 Å². The Kier molecular flexibility index (Phi) is 7.82. The maximum atomic E-state index is 5.87. The lowest BCUT2D eigenvalue weighted by atomic mass is 10.2. The number of methoxy groups -OCH3 is 1. The topological polar surface area (TPSA) is 98.6 Å². The maximum absolute atomic E-state index is 5.87. The van der Waals surface area contributed by atoms with Gasteiger partial charge in [-0.3, -0.25) is 4.99 Å². The molecule has 0 aliphatic carbocycles. The molecule has 2 aromatic rings. The largest absolute Gasteiger partial charge is 0.380 e. The molecule has 8 heteroatoms. The summed E-state index contributed by atoms with van der Waals surface area (Å²) < 4.78 is 10.2. The van der Waals surface area contributed by atoms with Gasteiger partial charge < -0.3 is 20.3 Å². The molecule has 0 atom stereocenters. The predicted octanol–water partition coefficient (Wildman–Crippen LogP) is 2.11. The number of benzene rings is 1. The summed E-state index contributed by atoms with van der Waals surface area (Å²) in [4.78, 5) is 8.35. The van der Waals surface area contributed by atoms with Gasteiger partial charge in [0, 0.05) is 24.8 Å². The Morgan fingerprint density at radius 2 is 2.18 bits per heavy atom. The van der Waals surface area contributed by atoms with Crippen LogP contribution in [0.4, 0.5) is 5.69 Å². The van der Waals surface area contributed by atoms with E-state index >= 15 is 0 Å². The molecule has 0 spiro atoms. The van der Waals surface area contributed by atoms with Gasteiger partial charge in [0.05, 0.1) is 13.2 Å². The van der Waals surface area contributed by atoms with E-state index in [1.807, 2.05) is 24.3 Å². The van der Waals surface area contributed by atoms with Crippen molar-refractivity contribution in [3.63, 3.8) is 0 Å². The van der Waals surface area contributed by atoms with Gasteiger partial charge in [0.2, 0.25) is 5.89 Å². The van der Waals surface area contributed by atoms with E-state index < -0.39 is 0 Å². The second kappa shape index (κ2) is 9.36. The van der Waals surface area contributed by atoms with E-state index in [-0.39, 0.29) is 24.0 Å². The highest BCUT2D eigenvalue weighted by Gasteiger charge is 2.04. The van der Waals surface area contributed by atoms with E-state index in [0.717, 1.165) is 11.3 Å². The van der Waals surface area contributed by atoms with E-state index in [0.29, 0.717) is 37.2 Å². The molecule has 1 heterocycles. The van der Waals surface area contributed by atoms with Crippen molar-refractivity contribution in [3.05, 3.63) is 41.5 Å². The lowest BCUT2D eigenvalue weighted by Crippen LogP contribution is -2.23. The first-order chi connectivity index (χ1) is 10.2. The lowest BCUT2D eigenvalue weighted by Gasteiger charge is -2.10. The van der Waals surface area contributed by atoms with Crippen LogP contribution in [-0.2, 0) is 17.8 Å². The Morgan fingerprint density at radius 3 is 2.86 bits per heavy atom. The van der Waals surface area contributed by atoms with Crippen molar-refractivity contribution in [2.24, 2.45) is 10.7 Å². The van der Waals surface area contributed by atoms with Crippen LogP contribution in [0.2, 0.25) is 0 Å². The normalized spacial score (nSPS) is 11.1. The molecule has 1 aromatic heterocycles. The molecule has 0 aliphatic heterocycles. The molecule has 0 radical (unpaired) electrons. The van der Waals surface area contributed by atoms with E-state index in [2.05, 4.69) is 20.4 Å². The zero-order chi connectivity index (χ0) is 15.1. The molecule has 0 bridgehead atoms. The van der Waals surface area contributed by atoms with Crippen molar-refractivity contribution in [2.75, 3.05) is 19.0 Å². The van der Waals surface area contributed by atoms with Gasteiger partial charge in [-0.2, -0.15) is 4.98 Å². The van der Waals surface area contributed by atoms with Crippen molar-refractivity contribution in [1.82, 2.24) is 10.1 Å². The molecule has 7 nitrogen and oxygen atoms in total. The quantitative estimate of drug-likeness (QED) is 0.425. The first-order valence-electron chi connectivity index (χ1n) is 6.62. The smallest absolute Gasteiger partial charge is 0.228 e. The van der Waals surface area contributed by atoms with E-state index in [1.54, 1.807) is 14.0 Å². The average molecular weight is 417 g/mol. The van der Waals surface area contributed by atoms with Gasteiger partial charge in [-0.15, -0.1) is 24.0 Å². The highest BCUT2D eigenvalue weighted by molar-refractivity contribution is 14.0. The van der Waals surface area contributed by atoms with Crippen molar-refractivity contribution in [1.29, 1.82) is 0 Å². The van der Waals surface area contributed by atoms with Crippen LogP contribution in [0, 0.1) is 6.92 Å². The van der Waals surface area contributed by atoms with Crippen LogP contribution in [0.3, 0.4) is 0 Å². The van der Waals surface area contributed by atoms with E-state index in [4.69, 9.17) is 15.0 Å². The summed E-state index contributed by atoms with van der Waals surface area (Å²) in [5.74, 6) is 1.52. The zero-order valence-corrected chi connectivity index (χ0v) is 14.9. The van der Waals surface area contributed by atoms with Gasteiger partial charge in [-0.1, -0.05) is 23.4 Å². The lowest BCUT2D eigenvalue weighted by molar-refractivity contribution is 0.185. The number of rotatable bonds is 6. The van der Waals surface area contributed by atoms with Crippen LogP contribution in [0.25, 0.3) is 0 Å². The van der Waals surface area contributed by atoms with Crippen molar-refractivity contribution < 1.29 is 9.26 Å². The summed E-state index contributed by atoms with van der Waals surface area (Å²) in [5, 5.41) is 6.79. The molecule has 0 fully saturated rings. The number of anilines is 1. The zero-order valence-electron chi connectivity index (χ0n) is 12.6. The Balaban J connectivity index is 0.00000242. The molecule has 0 saturated carbocycles. The number of aliphatic imine (C=N–C) groups is 1. The molecular formula is C14H20IN5O2. The maximum Gasteiger partial charge on any atom is 0.228 e. The second-order valence-electron chi connectivity index (χ2n) is 4.47. The molecular weight excluding hydrogens is 397 g/mol. The van der Waals surface area contributed by atoms with Gasteiger partial charge in [0.15, 0.2) is 11.8 Å². The fraction of sp³-hybridized carbons (Fsp3) is 0.357. The Morgan fingerprint density at radius 1 is 1.41 bits per heavy atom. The third-order valence-corrected chi connectivity index (χ3v) is 2.76. The molecule has 1 aromatic carbocycles. The number of nitrogens with two attached hydrogens (primary N) is 1. The summed E-state index contributed by atoms with van der Waals surface area (Å²) in [5.41, 5.74) is 7.77. The molecule has 0 saturated heterocycles. The molecule has 2 rings (SSSR count). The summed E-state index contributed by atoms with van der Waals surface area (Å²) in [6, 6.07) is 7.78. The summed E-state index contributed by atoms with van der Waals surface area (Å²) in [6.07, 6.45) is 0.558. The molecule has 120 valence electrons. The van der Waals surface area contributed by atoms with Gasteiger partial charge in [0.25, 0.3) is 0 Å². The number of para-hydroxylation sites is 1. The van der Waals surface area contributed by atoms with Gasteiger partial charge in [-0.25, -0.2) is 0 Å². The predicted molar refractivity (Wildman–Crippen MR) is 95.4 cm³/mol. The number of nitrogens with one attached hydrogen (secondary N) is 1. The molecule has 0 aliphatic rings. The first kappa shape index (κ1) is 18.4. The fourth-order valence-electron chi connectivity index (χ4n) is 1.81. The monoisotopic (exact) mass is 417 g/mol. The molecule has 22 heavy (non-hydrogen) atoms. The number of aromatic nitrogens is 2. The van der Waals surface area contributed by atoms with Crippen LogP contribution in [0.5, 0.6) is 0 Å².